The first-order chi connectivity index (χ1) is 15.1. The van der Waals surface area contributed by atoms with Gasteiger partial charge in [-0.15, -0.1) is 13.2 Å². The molecule has 0 unspecified atom stereocenters. The van der Waals surface area contributed by atoms with Crippen LogP contribution in [0.4, 0.5) is 29.2 Å². The molecule has 4 rings (SSSR count). The van der Waals surface area contributed by atoms with Crippen molar-refractivity contribution in [3.63, 3.8) is 0 Å². The third-order valence-corrected chi connectivity index (χ3v) is 5.04. The molecule has 0 spiro atoms. The Morgan fingerprint density at radius 3 is 2.53 bits per heavy atom. The molecule has 12 heteroatoms. The maximum absolute atomic E-state index is 14.3. The lowest BCUT2D eigenvalue weighted by Gasteiger charge is -2.31. The number of halogens is 4. The Morgan fingerprint density at radius 2 is 1.94 bits per heavy atom. The van der Waals surface area contributed by atoms with E-state index in [0.717, 1.165) is 18.7 Å². The highest BCUT2D eigenvalue weighted by Crippen LogP contribution is 2.32. The van der Waals surface area contributed by atoms with Crippen molar-refractivity contribution < 1.29 is 27.1 Å². The Bertz CT molecular complexity index is 1170. The van der Waals surface area contributed by atoms with Gasteiger partial charge in [-0.2, -0.15) is 0 Å². The molecule has 168 valence electrons. The van der Waals surface area contributed by atoms with Crippen LogP contribution in [0.25, 0.3) is 11.4 Å². The standard InChI is InChI=1S/C20H18F4N6O2/c1-11-25-10-15(29(11)2)17-14(21)9-26-19(28-17)27-12-4-5-13(18(31)30-6-3-7-30)16(8-12)32-20(22,23)24/h4-5,8-10H,3,6-7H2,1-2H3,(H,26,27,28). The van der Waals surface area contributed by atoms with Gasteiger partial charge in [0.2, 0.25) is 5.95 Å². The Labute approximate surface area is 179 Å². The number of carbonyl (C=O) groups is 1. The van der Waals surface area contributed by atoms with Crippen LogP contribution >= 0.6 is 0 Å². The van der Waals surface area contributed by atoms with E-state index in [-0.39, 0.29) is 22.9 Å². The summed E-state index contributed by atoms with van der Waals surface area (Å²) in [6.07, 6.45) is -1.79. The number of benzene rings is 1. The molecule has 8 nitrogen and oxygen atoms in total. The molecule has 3 aromatic rings. The van der Waals surface area contributed by atoms with Gasteiger partial charge in [0, 0.05) is 31.9 Å². The fraction of sp³-hybridized carbons (Fsp3) is 0.300. The third-order valence-electron chi connectivity index (χ3n) is 5.04. The number of aryl methyl sites for hydroxylation is 1. The van der Waals surface area contributed by atoms with Crippen LogP contribution in [0.3, 0.4) is 0 Å². The molecule has 1 fully saturated rings. The van der Waals surface area contributed by atoms with E-state index in [1.807, 2.05) is 0 Å². The molecule has 2 aromatic heterocycles. The smallest absolute Gasteiger partial charge is 0.405 e. The highest BCUT2D eigenvalue weighted by molar-refractivity contribution is 5.98. The first-order valence-corrected chi connectivity index (χ1v) is 9.60. The van der Waals surface area contributed by atoms with Gasteiger partial charge in [0.25, 0.3) is 5.91 Å². The largest absolute Gasteiger partial charge is 0.573 e. The van der Waals surface area contributed by atoms with Crippen molar-refractivity contribution in [2.75, 3.05) is 18.4 Å². The number of hydrogen-bond donors (Lipinski definition) is 1. The van der Waals surface area contributed by atoms with E-state index in [0.29, 0.717) is 24.6 Å². The van der Waals surface area contributed by atoms with Crippen LogP contribution in [0.1, 0.15) is 22.6 Å². The number of nitrogens with one attached hydrogen (secondary N) is 1. The maximum atomic E-state index is 14.3. The molecular formula is C20H18F4N6O2. The van der Waals surface area contributed by atoms with Gasteiger partial charge < -0.3 is 19.5 Å². The minimum absolute atomic E-state index is 0.0260. The van der Waals surface area contributed by atoms with Crippen LogP contribution in [0.2, 0.25) is 0 Å². The fourth-order valence-corrected chi connectivity index (χ4v) is 3.13. The second kappa shape index (κ2) is 8.09. The molecule has 1 aliphatic rings. The summed E-state index contributed by atoms with van der Waals surface area (Å²) in [5.41, 5.74) is 0.297. The number of carbonyl (C=O) groups excluding carboxylic acids is 1. The van der Waals surface area contributed by atoms with E-state index in [1.165, 1.54) is 23.2 Å². The summed E-state index contributed by atoms with van der Waals surface area (Å²) in [7, 11) is 1.70. The summed E-state index contributed by atoms with van der Waals surface area (Å²) in [5, 5.41) is 2.73. The van der Waals surface area contributed by atoms with Crippen molar-refractivity contribution in [2.45, 2.75) is 19.7 Å². The lowest BCUT2D eigenvalue weighted by atomic mass is 10.1. The lowest BCUT2D eigenvalue weighted by Crippen LogP contribution is -2.42. The number of aromatic nitrogens is 4. The van der Waals surface area contributed by atoms with E-state index >= 15 is 0 Å². The number of nitrogens with zero attached hydrogens (tertiary/aromatic N) is 5. The molecule has 0 atom stereocenters. The molecule has 1 aromatic carbocycles. The van der Waals surface area contributed by atoms with Gasteiger partial charge in [0.15, 0.2) is 5.82 Å². The quantitative estimate of drug-likeness (QED) is 0.595. The summed E-state index contributed by atoms with van der Waals surface area (Å²) in [4.78, 5) is 26.0. The maximum Gasteiger partial charge on any atom is 0.573 e. The summed E-state index contributed by atoms with van der Waals surface area (Å²) in [6, 6.07) is 3.66. The van der Waals surface area contributed by atoms with Crippen LogP contribution in [-0.2, 0) is 7.05 Å². The van der Waals surface area contributed by atoms with Gasteiger partial charge in [-0.25, -0.2) is 19.3 Å². The van der Waals surface area contributed by atoms with Crippen molar-refractivity contribution in [3.05, 3.63) is 47.8 Å². The second-order valence-electron chi connectivity index (χ2n) is 7.17. The van der Waals surface area contributed by atoms with Crippen molar-refractivity contribution in [2.24, 2.45) is 7.05 Å². The Kier molecular flexibility index (Phi) is 5.45. The predicted octanol–water partition coefficient (Wildman–Crippen LogP) is 3.81. The van der Waals surface area contributed by atoms with Crippen LogP contribution in [0, 0.1) is 12.7 Å². The number of hydrogen-bond acceptors (Lipinski definition) is 6. The van der Waals surface area contributed by atoms with Gasteiger partial charge in [-0.3, -0.25) is 4.79 Å². The normalized spacial score (nSPS) is 13.6. The van der Waals surface area contributed by atoms with Crippen molar-refractivity contribution in [1.82, 2.24) is 24.4 Å². The number of rotatable bonds is 5. The number of ether oxygens (including phenoxy) is 1. The molecule has 0 saturated carbocycles. The van der Waals surface area contributed by atoms with Gasteiger partial charge in [0.1, 0.15) is 17.3 Å². The summed E-state index contributed by atoms with van der Waals surface area (Å²) < 4.78 is 58.8. The monoisotopic (exact) mass is 450 g/mol. The van der Waals surface area contributed by atoms with E-state index in [1.54, 1.807) is 18.5 Å². The third kappa shape index (κ3) is 4.34. The summed E-state index contributed by atoms with van der Waals surface area (Å²) in [5.74, 6) is -1.29. The van der Waals surface area contributed by atoms with E-state index in [4.69, 9.17) is 0 Å². The second-order valence-corrected chi connectivity index (χ2v) is 7.17. The topological polar surface area (TPSA) is 85.2 Å². The molecule has 32 heavy (non-hydrogen) atoms. The Balaban J connectivity index is 1.65. The van der Waals surface area contributed by atoms with Gasteiger partial charge in [-0.05, 0) is 25.5 Å². The zero-order valence-corrected chi connectivity index (χ0v) is 17.1. The Hall–Kier alpha value is -3.70. The van der Waals surface area contributed by atoms with Gasteiger partial charge in [0.05, 0.1) is 23.7 Å². The number of anilines is 2. The minimum Gasteiger partial charge on any atom is -0.405 e. The average molecular weight is 450 g/mol. The SMILES string of the molecule is Cc1ncc(-c2nc(Nc3ccc(C(=O)N4CCC4)c(OC(F)(F)F)c3)ncc2F)n1C. The van der Waals surface area contributed by atoms with E-state index < -0.39 is 23.8 Å². The van der Waals surface area contributed by atoms with Gasteiger partial charge in [-0.1, -0.05) is 0 Å². The fourth-order valence-electron chi connectivity index (χ4n) is 3.13. The predicted molar refractivity (Wildman–Crippen MR) is 106 cm³/mol. The van der Waals surface area contributed by atoms with E-state index in [9.17, 15) is 22.4 Å². The summed E-state index contributed by atoms with van der Waals surface area (Å²) >= 11 is 0. The highest BCUT2D eigenvalue weighted by Gasteiger charge is 2.34. The number of amides is 1. The average Bonchev–Trinajstić information content (AvgIpc) is 2.99. The lowest BCUT2D eigenvalue weighted by molar-refractivity contribution is -0.274. The first-order valence-electron chi connectivity index (χ1n) is 9.60. The number of likely N-dealkylation sites (tertiary alicyclic amines) is 1. The first kappa shape index (κ1) is 21.5. The molecule has 0 bridgehead atoms. The van der Waals surface area contributed by atoms with Crippen LogP contribution < -0.4 is 10.1 Å². The number of alkyl halides is 3. The molecule has 0 radical (unpaired) electrons. The van der Waals surface area contributed by atoms with Crippen LogP contribution in [0.15, 0.2) is 30.6 Å². The molecule has 1 saturated heterocycles. The molecule has 1 aliphatic heterocycles. The van der Waals surface area contributed by atoms with Crippen LogP contribution in [-0.4, -0.2) is 49.8 Å². The van der Waals surface area contributed by atoms with Crippen molar-refractivity contribution in [1.29, 1.82) is 0 Å². The number of imidazole rings is 1. The van der Waals surface area contributed by atoms with Crippen molar-refractivity contribution in [3.8, 4) is 17.1 Å². The highest BCUT2D eigenvalue weighted by atomic mass is 19.4. The molecular weight excluding hydrogens is 432 g/mol. The zero-order chi connectivity index (χ0) is 23.0. The van der Waals surface area contributed by atoms with Crippen molar-refractivity contribution >= 4 is 17.5 Å². The minimum atomic E-state index is -4.99. The summed E-state index contributed by atoms with van der Waals surface area (Å²) in [6.45, 7) is 2.70. The van der Waals surface area contributed by atoms with Crippen LogP contribution in [0.5, 0.6) is 5.75 Å². The van der Waals surface area contributed by atoms with E-state index in [2.05, 4.69) is 25.0 Å². The zero-order valence-electron chi connectivity index (χ0n) is 17.1. The Morgan fingerprint density at radius 1 is 1.19 bits per heavy atom. The molecule has 3 heterocycles. The molecule has 1 N–H and O–H groups in total. The van der Waals surface area contributed by atoms with Gasteiger partial charge >= 0.3 is 6.36 Å². The molecule has 1 amide bonds. The molecule has 0 aliphatic carbocycles.